The van der Waals surface area contributed by atoms with E-state index in [-0.39, 0.29) is 27.8 Å². The van der Waals surface area contributed by atoms with Gasteiger partial charge in [0.1, 0.15) is 23.1 Å². The fourth-order valence-electron chi connectivity index (χ4n) is 2.72. The van der Waals surface area contributed by atoms with E-state index < -0.39 is 23.2 Å². The van der Waals surface area contributed by atoms with E-state index in [4.69, 9.17) is 27.9 Å². The van der Waals surface area contributed by atoms with Gasteiger partial charge in [0.15, 0.2) is 0 Å². The standard InChI is InChI=1S/C21H13Cl2F2NO3/c1-11-3-2-4-12(5-11)13-6-17(24)20(18(25)7-13)26-21(28)14-8-15(22)16(23)9-19(14)29-10-27/h2-10H,1H3,(H,26,28). The number of carbonyl (C=O) groups is 2. The molecule has 0 fully saturated rings. The maximum absolute atomic E-state index is 14.6. The summed E-state index contributed by atoms with van der Waals surface area (Å²) in [5.74, 6) is -3.06. The Morgan fingerprint density at radius 3 is 2.28 bits per heavy atom. The summed E-state index contributed by atoms with van der Waals surface area (Å²) in [6.45, 7) is 1.95. The zero-order chi connectivity index (χ0) is 21.1. The predicted octanol–water partition coefficient (Wildman–Crippen LogP) is 6.03. The van der Waals surface area contributed by atoms with Crippen molar-refractivity contribution in [2.45, 2.75) is 6.92 Å². The zero-order valence-electron chi connectivity index (χ0n) is 14.9. The number of hydrogen-bond donors (Lipinski definition) is 1. The molecule has 0 aliphatic carbocycles. The number of amides is 1. The molecule has 0 radical (unpaired) electrons. The summed E-state index contributed by atoms with van der Waals surface area (Å²) in [5, 5.41) is 2.19. The summed E-state index contributed by atoms with van der Waals surface area (Å²) in [7, 11) is 0. The van der Waals surface area contributed by atoms with Crippen LogP contribution in [0.2, 0.25) is 10.0 Å². The monoisotopic (exact) mass is 435 g/mol. The van der Waals surface area contributed by atoms with E-state index in [1.54, 1.807) is 18.2 Å². The van der Waals surface area contributed by atoms with Gasteiger partial charge in [-0.15, -0.1) is 0 Å². The van der Waals surface area contributed by atoms with Crippen molar-refractivity contribution in [2.75, 3.05) is 5.32 Å². The highest BCUT2D eigenvalue weighted by Gasteiger charge is 2.20. The molecule has 0 aliphatic heterocycles. The van der Waals surface area contributed by atoms with Crippen molar-refractivity contribution in [3.63, 3.8) is 0 Å². The third kappa shape index (κ3) is 4.55. The summed E-state index contributed by atoms with van der Waals surface area (Å²) in [6, 6.07) is 11.7. The van der Waals surface area contributed by atoms with Crippen LogP contribution in [-0.4, -0.2) is 12.4 Å². The molecular formula is C21H13Cl2F2NO3. The van der Waals surface area contributed by atoms with Crippen LogP contribution in [0, 0.1) is 18.6 Å². The van der Waals surface area contributed by atoms with Crippen LogP contribution in [-0.2, 0) is 4.79 Å². The molecule has 3 aromatic carbocycles. The lowest BCUT2D eigenvalue weighted by atomic mass is 10.0. The van der Waals surface area contributed by atoms with E-state index in [2.05, 4.69) is 5.32 Å². The van der Waals surface area contributed by atoms with Gasteiger partial charge in [0.25, 0.3) is 12.4 Å². The second-order valence-electron chi connectivity index (χ2n) is 6.12. The number of ether oxygens (including phenoxy) is 1. The van der Waals surface area contributed by atoms with E-state index in [1.165, 1.54) is 0 Å². The number of halogens is 4. The summed E-state index contributed by atoms with van der Waals surface area (Å²) in [6.07, 6.45) is 0. The summed E-state index contributed by atoms with van der Waals surface area (Å²) < 4.78 is 33.9. The lowest BCUT2D eigenvalue weighted by Crippen LogP contribution is -2.16. The summed E-state index contributed by atoms with van der Waals surface area (Å²) in [5.41, 5.74) is 1.03. The van der Waals surface area contributed by atoms with Gasteiger partial charge in [-0.05, 0) is 36.2 Å². The number of aryl methyl sites for hydroxylation is 1. The van der Waals surface area contributed by atoms with Crippen LogP contribution in [0.15, 0.2) is 48.5 Å². The predicted molar refractivity (Wildman–Crippen MR) is 108 cm³/mol. The molecular weight excluding hydrogens is 423 g/mol. The number of nitrogens with one attached hydrogen (secondary N) is 1. The first-order valence-corrected chi connectivity index (χ1v) is 9.02. The Hall–Kier alpha value is -2.96. The van der Waals surface area contributed by atoms with Gasteiger partial charge in [-0.25, -0.2) is 8.78 Å². The van der Waals surface area contributed by atoms with Crippen molar-refractivity contribution in [1.82, 2.24) is 0 Å². The van der Waals surface area contributed by atoms with Gasteiger partial charge >= 0.3 is 0 Å². The number of benzene rings is 3. The molecule has 0 atom stereocenters. The maximum atomic E-state index is 14.6. The maximum Gasteiger partial charge on any atom is 0.298 e. The largest absolute Gasteiger partial charge is 0.428 e. The van der Waals surface area contributed by atoms with Crippen LogP contribution in [0.25, 0.3) is 11.1 Å². The zero-order valence-corrected chi connectivity index (χ0v) is 16.4. The Kier molecular flexibility index (Phi) is 6.15. The third-order valence-corrected chi connectivity index (χ3v) is 4.80. The Bertz CT molecular complexity index is 1100. The molecule has 148 valence electrons. The second kappa shape index (κ2) is 8.59. The average Bonchev–Trinajstić information content (AvgIpc) is 2.67. The molecule has 0 bridgehead atoms. The minimum Gasteiger partial charge on any atom is -0.428 e. The molecule has 0 saturated carbocycles. The highest BCUT2D eigenvalue weighted by molar-refractivity contribution is 6.42. The molecule has 1 amide bonds. The molecule has 0 saturated heterocycles. The SMILES string of the molecule is Cc1cccc(-c2cc(F)c(NC(=O)c3cc(Cl)c(Cl)cc3OC=O)c(F)c2)c1. The van der Waals surface area contributed by atoms with Crippen LogP contribution in [0.5, 0.6) is 5.75 Å². The Labute approximate surface area is 175 Å². The highest BCUT2D eigenvalue weighted by Crippen LogP contribution is 2.32. The molecule has 0 spiro atoms. The molecule has 0 aliphatic rings. The second-order valence-corrected chi connectivity index (χ2v) is 6.93. The van der Waals surface area contributed by atoms with Gasteiger partial charge in [-0.1, -0.05) is 53.0 Å². The van der Waals surface area contributed by atoms with Gasteiger partial charge in [0.2, 0.25) is 0 Å². The molecule has 0 heterocycles. The molecule has 0 unspecified atom stereocenters. The van der Waals surface area contributed by atoms with Crippen LogP contribution in [0.3, 0.4) is 0 Å². The summed E-state index contributed by atoms with van der Waals surface area (Å²) >= 11 is 11.7. The summed E-state index contributed by atoms with van der Waals surface area (Å²) in [4.78, 5) is 23.2. The van der Waals surface area contributed by atoms with Gasteiger partial charge < -0.3 is 10.1 Å². The Morgan fingerprint density at radius 1 is 1.00 bits per heavy atom. The van der Waals surface area contributed by atoms with E-state index >= 15 is 0 Å². The normalized spacial score (nSPS) is 10.5. The Balaban J connectivity index is 1.96. The molecule has 4 nitrogen and oxygen atoms in total. The molecule has 3 rings (SSSR count). The molecule has 1 N–H and O–H groups in total. The number of hydrogen-bond acceptors (Lipinski definition) is 3. The van der Waals surface area contributed by atoms with Crippen LogP contribution in [0.1, 0.15) is 15.9 Å². The molecule has 3 aromatic rings. The smallest absolute Gasteiger partial charge is 0.298 e. The third-order valence-electron chi connectivity index (χ3n) is 4.07. The van der Waals surface area contributed by atoms with Crippen LogP contribution in [0.4, 0.5) is 14.5 Å². The van der Waals surface area contributed by atoms with E-state index in [0.29, 0.717) is 11.1 Å². The number of anilines is 1. The van der Waals surface area contributed by atoms with Gasteiger partial charge in [-0.3, -0.25) is 9.59 Å². The lowest BCUT2D eigenvalue weighted by Gasteiger charge is -2.12. The van der Waals surface area contributed by atoms with E-state index in [0.717, 1.165) is 29.8 Å². The van der Waals surface area contributed by atoms with Gasteiger partial charge in [-0.2, -0.15) is 0 Å². The van der Waals surface area contributed by atoms with Crippen molar-refractivity contribution < 1.29 is 23.1 Å². The van der Waals surface area contributed by atoms with Crippen molar-refractivity contribution in [2.24, 2.45) is 0 Å². The lowest BCUT2D eigenvalue weighted by molar-refractivity contribution is -0.120. The fourth-order valence-corrected chi connectivity index (χ4v) is 3.04. The van der Waals surface area contributed by atoms with Crippen molar-refractivity contribution in [3.8, 4) is 16.9 Å². The average molecular weight is 436 g/mol. The van der Waals surface area contributed by atoms with Crippen LogP contribution < -0.4 is 10.1 Å². The first-order valence-electron chi connectivity index (χ1n) is 8.27. The van der Waals surface area contributed by atoms with E-state index in [1.807, 2.05) is 13.0 Å². The van der Waals surface area contributed by atoms with Crippen molar-refractivity contribution >= 4 is 41.3 Å². The topological polar surface area (TPSA) is 55.4 Å². The molecule has 29 heavy (non-hydrogen) atoms. The highest BCUT2D eigenvalue weighted by atomic mass is 35.5. The molecule has 8 heteroatoms. The first-order chi connectivity index (χ1) is 13.8. The fraction of sp³-hybridized carbons (Fsp3) is 0.0476. The van der Waals surface area contributed by atoms with E-state index in [9.17, 15) is 18.4 Å². The number of carbonyl (C=O) groups excluding carboxylic acids is 2. The van der Waals surface area contributed by atoms with Gasteiger partial charge in [0.05, 0.1) is 15.6 Å². The van der Waals surface area contributed by atoms with Crippen LogP contribution >= 0.6 is 23.2 Å². The first kappa shape index (κ1) is 20.8. The minimum absolute atomic E-state index is 0.00537. The number of rotatable bonds is 5. The molecule has 0 aromatic heterocycles. The van der Waals surface area contributed by atoms with Crippen molar-refractivity contribution in [3.05, 3.63) is 81.3 Å². The quantitative estimate of drug-likeness (QED) is 0.497. The van der Waals surface area contributed by atoms with Gasteiger partial charge in [0, 0.05) is 6.07 Å². The Morgan fingerprint density at radius 2 is 1.66 bits per heavy atom. The van der Waals surface area contributed by atoms with Crippen molar-refractivity contribution in [1.29, 1.82) is 0 Å². The minimum atomic E-state index is -0.965.